The van der Waals surface area contributed by atoms with Crippen molar-refractivity contribution in [1.29, 1.82) is 0 Å². The van der Waals surface area contributed by atoms with Gasteiger partial charge in [-0.05, 0) is 18.1 Å². The number of esters is 1. The zero-order valence-corrected chi connectivity index (χ0v) is 8.49. The lowest BCUT2D eigenvalue weighted by atomic mass is 10.00. The molecule has 0 saturated carbocycles. The number of hydrogen-bond donors (Lipinski definition) is 0. The van der Waals surface area contributed by atoms with Crippen molar-refractivity contribution in [2.75, 3.05) is 7.11 Å². The van der Waals surface area contributed by atoms with Crippen molar-refractivity contribution in [2.24, 2.45) is 0 Å². The van der Waals surface area contributed by atoms with E-state index >= 15 is 0 Å². The fourth-order valence-corrected chi connectivity index (χ4v) is 1.23. The van der Waals surface area contributed by atoms with Gasteiger partial charge in [0.25, 0.3) is 0 Å². The first kappa shape index (κ1) is 10.5. The van der Waals surface area contributed by atoms with E-state index in [0.29, 0.717) is 0 Å². The second-order valence-electron chi connectivity index (χ2n) is 3.12. The molecule has 1 aromatic carbocycles. The van der Waals surface area contributed by atoms with Gasteiger partial charge in [0.15, 0.2) is 0 Å². The molecule has 0 radical (unpaired) electrons. The molecule has 0 spiro atoms. The summed E-state index contributed by atoms with van der Waals surface area (Å²) < 4.78 is 4.66. The summed E-state index contributed by atoms with van der Waals surface area (Å²) in [7, 11) is 1.40. The van der Waals surface area contributed by atoms with E-state index in [2.05, 4.69) is 11.3 Å². The second-order valence-corrected chi connectivity index (χ2v) is 3.12. The van der Waals surface area contributed by atoms with Crippen LogP contribution in [0.25, 0.3) is 6.08 Å². The smallest absolute Gasteiger partial charge is 0.312 e. The van der Waals surface area contributed by atoms with Crippen LogP contribution in [-0.4, -0.2) is 13.1 Å². The van der Waals surface area contributed by atoms with Crippen LogP contribution in [-0.2, 0) is 9.53 Å². The van der Waals surface area contributed by atoms with Gasteiger partial charge in [-0.25, -0.2) is 0 Å². The number of ether oxygens (including phenoxy) is 1. The van der Waals surface area contributed by atoms with Crippen molar-refractivity contribution in [2.45, 2.75) is 12.8 Å². The van der Waals surface area contributed by atoms with Gasteiger partial charge >= 0.3 is 5.97 Å². The van der Waals surface area contributed by atoms with Crippen molar-refractivity contribution in [3.63, 3.8) is 0 Å². The quantitative estimate of drug-likeness (QED) is 0.685. The maximum absolute atomic E-state index is 11.2. The van der Waals surface area contributed by atoms with E-state index in [4.69, 9.17) is 0 Å². The first-order valence-corrected chi connectivity index (χ1v) is 4.49. The lowest BCUT2D eigenvalue weighted by Crippen LogP contribution is -2.10. The largest absolute Gasteiger partial charge is 0.469 e. The molecule has 0 aliphatic rings. The Balaban J connectivity index is 2.86. The molecule has 2 heteroatoms. The number of methoxy groups -OCH3 is 1. The Morgan fingerprint density at radius 2 is 2.00 bits per heavy atom. The summed E-state index contributed by atoms with van der Waals surface area (Å²) in [5, 5.41) is 0. The Morgan fingerprint density at radius 1 is 1.43 bits per heavy atom. The molecule has 74 valence electrons. The molecule has 1 aromatic rings. The van der Waals surface area contributed by atoms with Gasteiger partial charge in [0.2, 0.25) is 0 Å². The van der Waals surface area contributed by atoms with Gasteiger partial charge in [-0.3, -0.25) is 4.79 Å². The minimum atomic E-state index is -0.212. The molecule has 0 aliphatic carbocycles. The average Bonchev–Trinajstić information content (AvgIpc) is 2.27. The first-order valence-electron chi connectivity index (χ1n) is 4.49. The third-order valence-electron chi connectivity index (χ3n) is 2.23. The summed E-state index contributed by atoms with van der Waals surface area (Å²) in [5.41, 5.74) is 2.01. The maximum Gasteiger partial charge on any atom is 0.312 e. The van der Waals surface area contributed by atoms with Crippen LogP contribution in [0.4, 0.5) is 0 Å². The first-order chi connectivity index (χ1) is 6.69. The van der Waals surface area contributed by atoms with E-state index in [1.54, 1.807) is 6.08 Å². The predicted octanol–water partition coefficient (Wildman–Crippen LogP) is 2.61. The summed E-state index contributed by atoms with van der Waals surface area (Å²) in [4.78, 5) is 11.2. The Bertz CT molecular complexity index is 325. The molecule has 0 saturated heterocycles. The number of benzene rings is 1. The Morgan fingerprint density at radius 3 is 2.43 bits per heavy atom. The van der Waals surface area contributed by atoms with Crippen LogP contribution >= 0.6 is 0 Å². The van der Waals surface area contributed by atoms with Gasteiger partial charge in [-0.1, -0.05) is 36.9 Å². The number of carbonyl (C=O) groups is 1. The van der Waals surface area contributed by atoms with Crippen LogP contribution in [0.15, 0.2) is 30.8 Å². The topological polar surface area (TPSA) is 26.3 Å². The molecule has 0 fully saturated rings. The molecule has 0 heterocycles. The van der Waals surface area contributed by atoms with E-state index in [1.807, 2.05) is 31.2 Å². The van der Waals surface area contributed by atoms with Crippen molar-refractivity contribution >= 4 is 12.0 Å². The third-order valence-corrected chi connectivity index (χ3v) is 2.23. The standard InChI is InChI=1S/C12H14O2/c1-4-10-5-7-11(8-6-10)9(2)12(13)14-3/h4-9H,1H2,2-3H3. The SMILES string of the molecule is C=Cc1ccc(C(C)C(=O)OC)cc1. The van der Waals surface area contributed by atoms with Crippen LogP contribution in [0.5, 0.6) is 0 Å². The summed E-state index contributed by atoms with van der Waals surface area (Å²) >= 11 is 0. The Kier molecular flexibility index (Phi) is 3.46. The molecule has 0 N–H and O–H groups in total. The van der Waals surface area contributed by atoms with Gasteiger partial charge in [0.05, 0.1) is 13.0 Å². The lowest BCUT2D eigenvalue weighted by Gasteiger charge is -2.09. The van der Waals surface area contributed by atoms with Gasteiger partial charge in [0.1, 0.15) is 0 Å². The van der Waals surface area contributed by atoms with Gasteiger partial charge in [-0.2, -0.15) is 0 Å². The monoisotopic (exact) mass is 190 g/mol. The molecule has 2 nitrogen and oxygen atoms in total. The number of carbonyl (C=O) groups excluding carboxylic acids is 1. The van der Waals surface area contributed by atoms with Crippen molar-refractivity contribution in [3.8, 4) is 0 Å². The van der Waals surface area contributed by atoms with Crippen LogP contribution in [0.1, 0.15) is 24.0 Å². The van der Waals surface area contributed by atoms with E-state index < -0.39 is 0 Å². The minimum Gasteiger partial charge on any atom is -0.469 e. The zero-order valence-electron chi connectivity index (χ0n) is 8.49. The molecule has 1 unspecified atom stereocenters. The fraction of sp³-hybridized carbons (Fsp3) is 0.250. The van der Waals surface area contributed by atoms with Crippen molar-refractivity contribution < 1.29 is 9.53 Å². The van der Waals surface area contributed by atoms with Gasteiger partial charge in [-0.15, -0.1) is 0 Å². The molecule has 0 amide bonds. The van der Waals surface area contributed by atoms with Gasteiger partial charge < -0.3 is 4.74 Å². The predicted molar refractivity (Wildman–Crippen MR) is 57.0 cm³/mol. The zero-order chi connectivity index (χ0) is 10.6. The van der Waals surface area contributed by atoms with Crippen molar-refractivity contribution in [1.82, 2.24) is 0 Å². The minimum absolute atomic E-state index is 0.209. The van der Waals surface area contributed by atoms with Crippen LogP contribution in [0.3, 0.4) is 0 Å². The average molecular weight is 190 g/mol. The highest BCUT2D eigenvalue weighted by Crippen LogP contribution is 2.17. The van der Waals surface area contributed by atoms with Crippen LogP contribution < -0.4 is 0 Å². The van der Waals surface area contributed by atoms with Gasteiger partial charge in [0, 0.05) is 0 Å². The Hall–Kier alpha value is -1.57. The van der Waals surface area contributed by atoms with E-state index in [0.717, 1.165) is 11.1 Å². The highest BCUT2D eigenvalue weighted by atomic mass is 16.5. The molecular weight excluding hydrogens is 176 g/mol. The normalized spacial score (nSPS) is 11.9. The highest BCUT2D eigenvalue weighted by Gasteiger charge is 2.14. The van der Waals surface area contributed by atoms with Crippen LogP contribution in [0.2, 0.25) is 0 Å². The lowest BCUT2D eigenvalue weighted by molar-refractivity contribution is -0.141. The van der Waals surface area contributed by atoms with E-state index in [-0.39, 0.29) is 11.9 Å². The van der Waals surface area contributed by atoms with E-state index in [1.165, 1.54) is 7.11 Å². The molecule has 14 heavy (non-hydrogen) atoms. The summed E-state index contributed by atoms with van der Waals surface area (Å²) in [6.45, 7) is 5.49. The molecule has 1 rings (SSSR count). The van der Waals surface area contributed by atoms with E-state index in [9.17, 15) is 4.79 Å². The molecule has 0 aromatic heterocycles. The Labute approximate surface area is 84.2 Å². The molecule has 1 atom stereocenters. The maximum atomic E-state index is 11.2. The summed E-state index contributed by atoms with van der Waals surface area (Å²) in [6.07, 6.45) is 1.77. The van der Waals surface area contributed by atoms with Crippen LogP contribution in [0, 0.1) is 0 Å². The fourth-order valence-electron chi connectivity index (χ4n) is 1.23. The number of hydrogen-bond acceptors (Lipinski definition) is 2. The highest BCUT2D eigenvalue weighted by molar-refractivity contribution is 5.77. The van der Waals surface area contributed by atoms with Crippen molar-refractivity contribution in [3.05, 3.63) is 42.0 Å². The molecular formula is C12H14O2. The molecule has 0 bridgehead atoms. The molecule has 0 aliphatic heterocycles. The second kappa shape index (κ2) is 4.61. The third kappa shape index (κ3) is 2.22. The number of rotatable bonds is 3. The summed E-state index contributed by atoms with van der Waals surface area (Å²) in [5.74, 6) is -0.421. The summed E-state index contributed by atoms with van der Waals surface area (Å²) in [6, 6.07) is 7.70.